The van der Waals surface area contributed by atoms with E-state index in [4.69, 9.17) is 11.6 Å². The van der Waals surface area contributed by atoms with Crippen LogP contribution in [0.1, 0.15) is 21.6 Å². The lowest BCUT2D eigenvalue weighted by Crippen LogP contribution is -2.51. The average molecular weight is 507 g/mol. The molecule has 0 aliphatic carbocycles. The van der Waals surface area contributed by atoms with Gasteiger partial charge in [0.1, 0.15) is 11.6 Å². The van der Waals surface area contributed by atoms with Gasteiger partial charge in [-0.05, 0) is 48.5 Å². The van der Waals surface area contributed by atoms with E-state index in [9.17, 15) is 9.90 Å². The van der Waals surface area contributed by atoms with Crippen molar-refractivity contribution in [1.29, 1.82) is 0 Å². The number of hydrogen-bond acceptors (Lipinski definition) is 8. The number of aliphatic hydroxyl groups is 1. The number of nitrogens with zero attached hydrogens (tertiary/aromatic N) is 4. The highest BCUT2D eigenvalue weighted by atomic mass is 35.5. The van der Waals surface area contributed by atoms with Crippen LogP contribution in [0.5, 0.6) is 0 Å². The zero-order valence-electron chi connectivity index (χ0n) is 18.9. The highest BCUT2D eigenvalue weighted by molar-refractivity contribution is 7.99. The number of aromatic amines is 1. The fourth-order valence-corrected chi connectivity index (χ4v) is 4.70. The van der Waals surface area contributed by atoms with Gasteiger partial charge >= 0.3 is 0 Å². The lowest BCUT2D eigenvalue weighted by molar-refractivity contribution is 0.0993. The lowest BCUT2D eigenvalue weighted by Gasteiger charge is -2.37. The molecular formula is C25H23ClN6O2S. The minimum absolute atomic E-state index is 0.0203. The largest absolute Gasteiger partial charge is 0.389 e. The van der Waals surface area contributed by atoms with Crippen LogP contribution in [0.3, 0.4) is 0 Å². The molecule has 10 heteroatoms. The van der Waals surface area contributed by atoms with E-state index in [0.717, 1.165) is 22.0 Å². The van der Waals surface area contributed by atoms with Crippen LogP contribution < -0.4 is 10.2 Å². The Morgan fingerprint density at radius 3 is 2.60 bits per heavy atom. The molecule has 1 aliphatic heterocycles. The number of carbonyl (C=O) groups excluding carboxylic acids is 1. The molecule has 2 aromatic carbocycles. The summed E-state index contributed by atoms with van der Waals surface area (Å²) < 4.78 is 0. The fourth-order valence-electron chi connectivity index (χ4n) is 3.69. The molecule has 2 aromatic heterocycles. The number of H-pyrrole nitrogens is 1. The maximum absolute atomic E-state index is 12.6. The maximum Gasteiger partial charge on any atom is 0.196 e. The molecule has 0 spiro atoms. The quantitative estimate of drug-likeness (QED) is 0.234. The van der Waals surface area contributed by atoms with Crippen molar-refractivity contribution in [3.63, 3.8) is 0 Å². The Balaban J connectivity index is 1.32. The van der Waals surface area contributed by atoms with Gasteiger partial charge in [0.05, 0.1) is 11.1 Å². The Morgan fingerprint density at radius 2 is 1.91 bits per heavy atom. The van der Waals surface area contributed by atoms with Gasteiger partial charge in [-0.15, -0.1) is 0 Å². The third-order valence-electron chi connectivity index (χ3n) is 5.51. The number of nitrogens with one attached hydrogen (secondary N) is 2. The van der Waals surface area contributed by atoms with Crippen molar-refractivity contribution < 1.29 is 9.90 Å². The van der Waals surface area contributed by atoms with E-state index in [-0.39, 0.29) is 18.3 Å². The normalized spacial score (nSPS) is 13.5. The van der Waals surface area contributed by atoms with Crippen LogP contribution in [0.15, 0.2) is 70.7 Å². The predicted octanol–water partition coefficient (Wildman–Crippen LogP) is 4.66. The molecule has 1 fully saturated rings. The van der Waals surface area contributed by atoms with E-state index in [0.29, 0.717) is 40.5 Å². The molecule has 0 unspecified atom stereocenters. The minimum atomic E-state index is -0.340. The van der Waals surface area contributed by atoms with Crippen molar-refractivity contribution in [2.45, 2.75) is 29.5 Å². The van der Waals surface area contributed by atoms with Gasteiger partial charge in [0, 0.05) is 47.8 Å². The van der Waals surface area contributed by atoms with Gasteiger partial charge in [-0.1, -0.05) is 35.9 Å². The van der Waals surface area contributed by atoms with Gasteiger partial charge in [-0.25, -0.2) is 9.97 Å². The molecule has 0 bridgehead atoms. The lowest BCUT2D eigenvalue weighted by atomic mass is 10.0. The van der Waals surface area contributed by atoms with E-state index < -0.39 is 0 Å². The molecule has 8 nitrogen and oxygen atoms in total. The Kier molecular flexibility index (Phi) is 6.72. The number of halogens is 1. The number of Topliss-reactive ketones (excluding diaryl/α,β-unsaturated/α-hetero) is 1. The number of ketones is 1. The standard InChI is InChI=1S/C25H23ClN6O2S/c1-15-10-23(31-30-15)27-22-12-24(32-13-17(33)14-32)29-25(28-22)35-18-8-6-16(7-9-18)11-21(34)19-4-2-3-5-20(19)26/h2-10,12,17,33H,11,13-14H2,1H3,(H2,27,28,29,30,31). The number of β-amino-alcohol motifs (C(OH)–C–C–N with tert-alkyl or cyclic N) is 1. The molecule has 1 saturated heterocycles. The predicted molar refractivity (Wildman–Crippen MR) is 137 cm³/mol. The Labute approximate surface area is 211 Å². The van der Waals surface area contributed by atoms with Crippen LogP contribution in [0.4, 0.5) is 17.5 Å². The molecule has 0 amide bonds. The van der Waals surface area contributed by atoms with Gasteiger partial charge in [-0.3, -0.25) is 9.89 Å². The molecule has 5 rings (SSSR count). The smallest absolute Gasteiger partial charge is 0.196 e. The van der Waals surface area contributed by atoms with Gasteiger partial charge < -0.3 is 15.3 Å². The summed E-state index contributed by atoms with van der Waals surface area (Å²) in [5.74, 6) is 2.00. The van der Waals surface area contributed by atoms with Crippen LogP contribution in [-0.2, 0) is 6.42 Å². The minimum Gasteiger partial charge on any atom is -0.389 e. The van der Waals surface area contributed by atoms with Crippen LogP contribution in [0.2, 0.25) is 5.02 Å². The third kappa shape index (κ3) is 5.64. The molecule has 3 N–H and O–H groups in total. The molecule has 0 radical (unpaired) electrons. The first kappa shape index (κ1) is 23.3. The van der Waals surface area contributed by atoms with Crippen molar-refractivity contribution >= 4 is 46.6 Å². The van der Waals surface area contributed by atoms with Gasteiger partial charge in [0.15, 0.2) is 16.8 Å². The first-order chi connectivity index (χ1) is 16.9. The van der Waals surface area contributed by atoms with Crippen LogP contribution >= 0.6 is 23.4 Å². The molecule has 3 heterocycles. The Bertz CT molecular complexity index is 1350. The van der Waals surface area contributed by atoms with Gasteiger partial charge in [0.2, 0.25) is 0 Å². The topological polar surface area (TPSA) is 107 Å². The van der Waals surface area contributed by atoms with E-state index in [1.54, 1.807) is 12.1 Å². The number of rotatable bonds is 8. The number of anilines is 3. The maximum atomic E-state index is 12.6. The number of aliphatic hydroxyl groups excluding tert-OH is 1. The van der Waals surface area contributed by atoms with Crippen molar-refractivity contribution in [1.82, 2.24) is 20.2 Å². The highest BCUT2D eigenvalue weighted by Crippen LogP contribution is 2.31. The van der Waals surface area contributed by atoms with E-state index >= 15 is 0 Å². The molecule has 178 valence electrons. The second-order valence-electron chi connectivity index (χ2n) is 8.34. The van der Waals surface area contributed by atoms with Crippen molar-refractivity contribution in [3.8, 4) is 0 Å². The second-order valence-corrected chi connectivity index (χ2v) is 9.79. The summed E-state index contributed by atoms with van der Waals surface area (Å²) in [6, 6.07) is 18.6. The summed E-state index contributed by atoms with van der Waals surface area (Å²) in [5, 5.41) is 21.1. The highest BCUT2D eigenvalue weighted by Gasteiger charge is 2.26. The van der Waals surface area contributed by atoms with E-state index in [1.165, 1.54) is 11.8 Å². The summed E-state index contributed by atoms with van der Waals surface area (Å²) >= 11 is 7.58. The van der Waals surface area contributed by atoms with Crippen LogP contribution in [0, 0.1) is 6.92 Å². The average Bonchev–Trinajstić information content (AvgIpc) is 3.22. The zero-order valence-corrected chi connectivity index (χ0v) is 20.5. The van der Waals surface area contributed by atoms with Gasteiger partial charge in [0.25, 0.3) is 0 Å². The first-order valence-corrected chi connectivity index (χ1v) is 12.3. The van der Waals surface area contributed by atoms with Gasteiger partial charge in [-0.2, -0.15) is 5.10 Å². The van der Waals surface area contributed by atoms with E-state index in [2.05, 4.69) is 25.5 Å². The summed E-state index contributed by atoms with van der Waals surface area (Å²) in [7, 11) is 0. The van der Waals surface area contributed by atoms with Crippen LogP contribution in [-0.4, -0.2) is 50.2 Å². The first-order valence-electron chi connectivity index (χ1n) is 11.1. The molecule has 0 saturated carbocycles. The van der Waals surface area contributed by atoms with Crippen molar-refractivity contribution in [2.75, 3.05) is 23.3 Å². The number of aryl methyl sites for hydroxylation is 1. The SMILES string of the molecule is Cc1cc(Nc2cc(N3CC(O)C3)nc(Sc3ccc(CC(=O)c4ccccc4Cl)cc3)n2)n[nH]1. The summed E-state index contributed by atoms with van der Waals surface area (Å²) in [4.78, 5) is 24.9. The number of hydrogen-bond donors (Lipinski definition) is 3. The summed E-state index contributed by atoms with van der Waals surface area (Å²) in [5.41, 5.74) is 2.37. The van der Waals surface area contributed by atoms with Crippen LogP contribution in [0.25, 0.3) is 0 Å². The second kappa shape index (κ2) is 10.1. The molecule has 0 atom stereocenters. The summed E-state index contributed by atoms with van der Waals surface area (Å²) in [6.45, 7) is 3.00. The summed E-state index contributed by atoms with van der Waals surface area (Å²) in [6.07, 6.45) is -0.0674. The fraction of sp³-hybridized carbons (Fsp3) is 0.200. The molecular weight excluding hydrogens is 484 g/mol. The number of aromatic nitrogens is 4. The third-order valence-corrected chi connectivity index (χ3v) is 6.71. The Hall–Kier alpha value is -3.40. The number of benzene rings is 2. The monoisotopic (exact) mass is 506 g/mol. The number of carbonyl (C=O) groups is 1. The molecule has 4 aromatic rings. The van der Waals surface area contributed by atoms with E-state index in [1.807, 2.05) is 60.4 Å². The molecule has 35 heavy (non-hydrogen) atoms. The Morgan fingerprint density at radius 1 is 1.14 bits per heavy atom. The van der Waals surface area contributed by atoms with Crippen molar-refractivity contribution in [2.24, 2.45) is 0 Å². The zero-order chi connectivity index (χ0) is 24.4. The molecule has 1 aliphatic rings. The van der Waals surface area contributed by atoms with Crippen molar-refractivity contribution in [3.05, 3.63) is 82.5 Å².